The highest BCUT2D eigenvalue weighted by molar-refractivity contribution is 5.78. The Morgan fingerprint density at radius 1 is 0.923 bits per heavy atom. The molecule has 2 rings (SSSR count). The molecule has 0 aromatic heterocycles. The number of hydrogen-bond donors (Lipinski definition) is 3. The first-order chi connectivity index (χ1) is 18.7. The molecule has 0 bridgehead atoms. The van der Waals surface area contributed by atoms with E-state index < -0.39 is 12.1 Å². The molecule has 4 N–H and O–H groups in total. The van der Waals surface area contributed by atoms with Crippen molar-refractivity contribution in [3.05, 3.63) is 59.7 Å². The van der Waals surface area contributed by atoms with Crippen LogP contribution < -0.4 is 20.5 Å². The van der Waals surface area contributed by atoms with Gasteiger partial charge in [-0.3, -0.25) is 4.79 Å². The Kier molecular flexibility index (Phi) is 14.3. The fourth-order valence-electron chi connectivity index (χ4n) is 4.78. The number of nitrogens with two attached hydrogens (primary N) is 1. The van der Waals surface area contributed by atoms with Gasteiger partial charge >= 0.3 is 0 Å². The van der Waals surface area contributed by atoms with E-state index in [1.54, 1.807) is 14.2 Å². The predicted molar refractivity (Wildman–Crippen MR) is 157 cm³/mol. The van der Waals surface area contributed by atoms with Crippen LogP contribution >= 0.6 is 0 Å². The number of rotatable bonds is 18. The first kappa shape index (κ1) is 32.6. The molecule has 7 heteroatoms. The molecule has 0 fully saturated rings. The largest absolute Gasteiger partial charge is 0.493 e. The Labute approximate surface area is 235 Å². The SMILES string of the molecule is COCCCOc1cc(C[C@@H](C[C@H](N)[C@@H](O)CC(C(=O)NCc2ccccc2)C(C)C)C(C)C)ccc1OC. The van der Waals surface area contributed by atoms with Crippen molar-refractivity contribution in [2.45, 2.75) is 72.1 Å². The molecule has 0 aliphatic rings. The van der Waals surface area contributed by atoms with E-state index in [9.17, 15) is 9.90 Å². The summed E-state index contributed by atoms with van der Waals surface area (Å²) in [5, 5.41) is 14.1. The second-order valence-electron chi connectivity index (χ2n) is 11.1. The minimum Gasteiger partial charge on any atom is -0.493 e. The molecule has 7 nitrogen and oxygen atoms in total. The summed E-state index contributed by atoms with van der Waals surface area (Å²) in [7, 11) is 3.32. The molecule has 1 amide bonds. The van der Waals surface area contributed by atoms with Crippen LogP contribution in [0.3, 0.4) is 0 Å². The molecular weight excluding hydrogens is 492 g/mol. The van der Waals surface area contributed by atoms with Crippen LogP contribution in [0.15, 0.2) is 48.5 Å². The predicted octanol–water partition coefficient (Wildman–Crippen LogP) is 4.98. The lowest BCUT2D eigenvalue weighted by molar-refractivity contribution is -0.127. The van der Waals surface area contributed by atoms with Crippen LogP contribution in [-0.4, -0.2) is 50.6 Å². The highest BCUT2D eigenvalue weighted by Gasteiger charge is 2.29. The summed E-state index contributed by atoms with van der Waals surface area (Å²) in [6, 6.07) is 15.4. The third-order valence-corrected chi connectivity index (χ3v) is 7.43. The number of aliphatic hydroxyl groups is 1. The second-order valence-corrected chi connectivity index (χ2v) is 11.1. The molecule has 2 aromatic rings. The molecule has 0 aliphatic heterocycles. The summed E-state index contributed by atoms with van der Waals surface area (Å²) in [4.78, 5) is 13.0. The van der Waals surface area contributed by atoms with E-state index in [1.165, 1.54) is 0 Å². The van der Waals surface area contributed by atoms with Crippen LogP contribution in [0.25, 0.3) is 0 Å². The molecule has 2 aromatic carbocycles. The average Bonchev–Trinajstić information content (AvgIpc) is 2.92. The smallest absolute Gasteiger partial charge is 0.223 e. The number of hydrogen-bond acceptors (Lipinski definition) is 6. The van der Waals surface area contributed by atoms with E-state index in [0.717, 1.165) is 29.7 Å². The normalized spacial score (nSPS) is 14.6. The number of amides is 1. The number of nitrogens with one attached hydrogen (secondary N) is 1. The molecule has 0 heterocycles. The van der Waals surface area contributed by atoms with E-state index in [0.29, 0.717) is 44.3 Å². The number of carbonyl (C=O) groups is 1. The maximum Gasteiger partial charge on any atom is 0.223 e. The minimum absolute atomic E-state index is 0.0447. The summed E-state index contributed by atoms with van der Waals surface area (Å²) >= 11 is 0. The molecule has 0 spiro atoms. The highest BCUT2D eigenvalue weighted by Crippen LogP contribution is 2.31. The van der Waals surface area contributed by atoms with Gasteiger partial charge in [0, 0.05) is 38.6 Å². The average molecular weight is 543 g/mol. The van der Waals surface area contributed by atoms with Crippen molar-refractivity contribution in [2.24, 2.45) is 29.4 Å². The van der Waals surface area contributed by atoms with Crippen molar-refractivity contribution in [1.82, 2.24) is 5.32 Å². The third kappa shape index (κ3) is 11.2. The molecule has 0 saturated heterocycles. The summed E-state index contributed by atoms with van der Waals surface area (Å²) in [5.74, 6) is 1.78. The van der Waals surface area contributed by atoms with E-state index >= 15 is 0 Å². The molecule has 0 saturated carbocycles. The van der Waals surface area contributed by atoms with E-state index in [4.69, 9.17) is 19.9 Å². The maximum absolute atomic E-state index is 13.0. The monoisotopic (exact) mass is 542 g/mol. The first-order valence-corrected chi connectivity index (χ1v) is 14.2. The van der Waals surface area contributed by atoms with Gasteiger partial charge in [0.1, 0.15) is 0 Å². The molecule has 39 heavy (non-hydrogen) atoms. The Morgan fingerprint density at radius 2 is 1.64 bits per heavy atom. The van der Waals surface area contributed by atoms with Crippen molar-refractivity contribution in [1.29, 1.82) is 0 Å². The van der Waals surface area contributed by atoms with Gasteiger partial charge in [-0.2, -0.15) is 0 Å². The molecule has 4 atom stereocenters. The van der Waals surface area contributed by atoms with Crippen LogP contribution in [0.1, 0.15) is 58.1 Å². The summed E-state index contributed by atoms with van der Waals surface area (Å²) in [6.07, 6.45) is 1.84. The maximum atomic E-state index is 13.0. The Bertz CT molecular complexity index is 966. The van der Waals surface area contributed by atoms with Crippen LogP contribution in [0.2, 0.25) is 0 Å². The Hall–Kier alpha value is -2.61. The fraction of sp³-hybridized carbons (Fsp3) is 0.594. The zero-order valence-electron chi connectivity index (χ0n) is 24.7. The summed E-state index contributed by atoms with van der Waals surface area (Å²) < 4.78 is 16.6. The van der Waals surface area contributed by atoms with E-state index in [-0.39, 0.29) is 23.7 Å². The van der Waals surface area contributed by atoms with Crippen LogP contribution in [0.5, 0.6) is 11.5 Å². The van der Waals surface area contributed by atoms with Gasteiger partial charge in [0.05, 0.1) is 19.8 Å². The van der Waals surface area contributed by atoms with Gasteiger partial charge in [-0.25, -0.2) is 0 Å². The van der Waals surface area contributed by atoms with Gasteiger partial charge in [-0.05, 0) is 60.3 Å². The van der Waals surface area contributed by atoms with E-state index in [2.05, 4.69) is 25.2 Å². The van der Waals surface area contributed by atoms with E-state index in [1.807, 2.05) is 56.3 Å². The van der Waals surface area contributed by atoms with Crippen molar-refractivity contribution < 1.29 is 24.1 Å². The number of carbonyl (C=O) groups excluding carboxylic acids is 1. The number of methoxy groups -OCH3 is 2. The first-order valence-electron chi connectivity index (χ1n) is 14.2. The highest BCUT2D eigenvalue weighted by atomic mass is 16.5. The lowest BCUT2D eigenvalue weighted by Gasteiger charge is -2.30. The van der Waals surface area contributed by atoms with Crippen molar-refractivity contribution >= 4 is 5.91 Å². The summed E-state index contributed by atoms with van der Waals surface area (Å²) in [6.45, 7) is 10.1. The molecule has 218 valence electrons. The zero-order valence-corrected chi connectivity index (χ0v) is 24.7. The number of aliphatic hydroxyl groups excluding tert-OH is 1. The quantitative estimate of drug-likeness (QED) is 0.230. The van der Waals surface area contributed by atoms with Crippen molar-refractivity contribution in [2.75, 3.05) is 27.4 Å². The molecule has 1 unspecified atom stereocenters. The zero-order chi connectivity index (χ0) is 28.8. The standard InChI is InChI=1S/C32H50N2O5/c1-22(2)26(17-25-13-14-30(38-6)31(18-25)39-16-10-15-37-5)19-28(33)29(35)20-27(23(3)4)32(36)34-21-24-11-8-7-9-12-24/h7-9,11-14,18,22-23,26-29,35H,10,15-17,19-21,33H2,1-6H3,(H,34,36)/t26-,27?,28-,29-/m0/s1. The second kappa shape index (κ2) is 17.2. The number of ether oxygens (including phenoxy) is 3. The van der Waals surface area contributed by atoms with Crippen molar-refractivity contribution in [3.63, 3.8) is 0 Å². The summed E-state index contributed by atoms with van der Waals surface area (Å²) in [5.41, 5.74) is 8.74. The Balaban J connectivity index is 2.00. The van der Waals surface area contributed by atoms with Gasteiger partial charge in [0.15, 0.2) is 11.5 Å². The minimum atomic E-state index is -0.767. The lowest BCUT2D eigenvalue weighted by Crippen LogP contribution is -2.42. The van der Waals surface area contributed by atoms with Crippen molar-refractivity contribution in [3.8, 4) is 11.5 Å². The molecule has 0 aliphatic carbocycles. The Morgan fingerprint density at radius 3 is 2.26 bits per heavy atom. The lowest BCUT2D eigenvalue weighted by atomic mass is 9.81. The number of benzene rings is 2. The van der Waals surface area contributed by atoms with Gasteiger partial charge in [-0.15, -0.1) is 0 Å². The van der Waals surface area contributed by atoms with Gasteiger partial charge < -0.3 is 30.4 Å². The third-order valence-electron chi connectivity index (χ3n) is 7.43. The fourth-order valence-corrected chi connectivity index (χ4v) is 4.78. The van der Waals surface area contributed by atoms with Gasteiger partial charge in [0.25, 0.3) is 0 Å². The molecule has 0 radical (unpaired) electrons. The van der Waals surface area contributed by atoms with Crippen LogP contribution in [-0.2, 0) is 22.5 Å². The molecular formula is C32H50N2O5. The topological polar surface area (TPSA) is 103 Å². The van der Waals surface area contributed by atoms with Gasteiger partial charge in [0.2, 0.25) is 5.91 Å². The van der Waals surface area contributed by atoms with Crippen LogP contribution in [0, 0.1) is 23.7 Å². The van der Waals surface area contributed by atoms with Crippen LogP contribution in [0.4, 0.5) is 0 Å². The van der Waals surface area contributed by atoms with Gasteiger partial charge in [-0.1, -0.05) is 64.1 Å².